The number of hydrogen-bond donors (Lipinski definition) is 0. The number of carbonyl (C=O) groups is 2. The van der Waals surface area contributed by atoms with Crippen molar-refractivity contribution in [1.29, 1.82) is 0 Å². The SMILES string of the molecule is C[C@@]12CCCC(COC(=O)Cc3cccc4ccccc34)=C1C(=O)O[C@H]2c1ccoc1. The number of fused-ring (bicyclic) bond motifs is 2. The zero-order valence-corrected chi connectivity index (χ0v) is 17.4. The highest BCUT2D eigenvalue weighted by Gasteiger charge is 2.53. The summed E-state index contributed by atoms with van der Waals surface area (Å²) >= 11 is 0. The second kappa shape index (κ2) is 7.73. The van der Waals surface area contributed by atoms with Crippen LogP contribution in [0.15, 0.2) is 76.6 Å². The van der Waals surface area contributed by atoms with Gasteiger partial charge < -0.3 is 13.9 Å². The Balaban J connectivity index is 1.34. The van der Waals surface area contributed by atoms with E-state index in [2.05, 4.69) is 6.92 Å². The van der Waals surface area contributed by atoms with E-state index < -0.39 is 5.41 Å². The molecular formula is C26H24O5. The van der Waals surface area contributed by atoms with Gasteiger partial charge in [-0.15, -0.1) is 0 Å². The van der Waals surface area contributed by atoms with Gasteiger partial charge >= 0.3 is 11.9 Å². The van der Waals surface area contributed by atoms with E-state index in [1.54, 1.807) is 12.5 Å². The smallest absolute Gasteiger partial charge is 0.335 e. The van der Waals surface area contributed by atoms with Crippen LogP contribution in [0.1, 0.15) is 43.4 Å². The number of carbonyl (C=O) groups excluding carboxylic acids is 2. The molecule has 1 aliphatic heterocycles. The molecule has 0 spiro atoms. The number of ether oxygens (including phenoxy) is 2. The van der Waals surface area contributed by atoms with Crippen LogP contribution in [0.2, 0.25) is 0 Å². The quantitative estimate of drug-likeness (QED) is 0.528. The number of benzene rings is 2. The highest BCUT2D eigenvalue weighted by Crippen LogP contribution is 2.56. The first-order chi connectivity index (χ1) is 15.1. The van der Waals surface area contributed by atoms with Gasteiger partial charge in [0.15, 0.2) is 0 Å². The number of furan rings is 1. The van der Waals surface area contributed by atoms with Gasteiger partial charge in [-0.2, -0.15) is 0 Å². The van der Waals surface area contributed by atoms with Crippen LogP contribution in [0, 0.1) is 5.41 Å². The fraction of sp³-hybridized carbons (Fsp3) is 0.308. The molecule has 0 radical (unpaired) electrons. The van der Waals surface area contributed by atoms with Gasteiger partial charge in [0.2, 0.25) is 0 Å². The molecule has 5 rings (SSSR count). The summed E-state index contributed by atoms with van der Waals surface area (Å²) in [6.07, 6.45) is 5.55. The molecule has 0 amide bonds. The third-order valence-corrected chi connectivity index (χ3v) is 6.58. The van der Waals surface area contributed by atoms with Crippen molar-refractivity contribution in [3.8, 4) is 0 Å². The van der Waals surface area contributed by atoms with Crippen LogP contribution in [0.4, 0.5) is 0 Å². The molecular weight excluding hydrogens is 392 g/mol. The lowest BCUT2D eigenvalue weighted by Gasteiger charge is -2.33. The molecule has 158 valence electrons. The van der Waals surface area contributed by atoms with E-state index in [0.717, 1.165) is 46.7 Å². The third-order valence-electron chi connectivity index (χ3n) is 6.58. The van der Waals surface area contributed by atoms with Gasteiger partial charge in [-0.25, -0.2) is 4.79 Å². The van der Waals surface area contributed by atoms with Gasteiger partial charge in [-0.05, 0) is 47.2 Å². The lowest BCUT2D eigenvalue weighted by molar-refractivity contribution is -0.142. The lowest BCUT2D eigenvalue weighted by atomic mass is 9.68. The zero-order valence-electron chi connectivity index (χ0n) is 17.4. The lowest BCUT2D eigenvalue weighted by Crippen LogP contribution is -2.28. The minimum absolute atomic E-state index is 0.127. The van der Waals surface area contributed by atoms with Crippen LogP contribution >= 0.6 is 0 Å². The average molecular weight is 416 g/mol. The summed E-state index contributed by atoms with van der Waals surface area (Å²) < 4.78 is 16.6. The van der Waals surface area contributed by atoms with Crippen LogP contribution in [-0.4, -0.2) is 18.5 Å². The molecule has 1 saturated heterocycles. The Morgan fingerprint density at radius 2 is 2.00 bits per heavy atom. The molecule has 1 aliphatic carbocycles. The van der Waals surface area contributed by atoms with Crippen molar-refractivity contribution in [3.63, 3.8) is 0 Å². The summed E-state index contributed by atoms with van der Waals surface area (Å²) in [5.41, 5.74) is 2.91. The maximum absolute atomic E-state index is 12.8. The fourth-order valence-corrected chi connectivity index (χ4v) is 5.08. The fourth-order valence-electron chi connectivity index (χ4n) is 5.08. The van der Waals surface area contributed by atoms with E-state index in [0.29, 0.717) is 5.57 Å². The average Bonchev–Trinajstić information content (AvgIpc) is 3.39. The van der Waals surface area contributed by atoms with Crippen LogP contribution in [0.25, 0.3) is 10.8 Å². The second-order valence-corrected chi connectivity index (χ2v) is 8.57. The summed E-state index contributed by atoms with van der Waals surface area (Å²) in [6.45, 7) is 2.18. The van der Waals surface area contributed by atoms with E-state index in [1.165, 1.54) is 0 Å². The Morgan fingerprint density at radius 1 is 1.16 bits per heavy atom. The zero-order chi connectivity index (χ0) is 21.4. The van der Waals surface area contributed by atoms with Gasteiger partial charge in [0, 0.05) is 16.6 Å². The highest BCUT2D eigenvalue weighted by atomic mass is 16.6. The van der Waals surface area contributed by atoms with Crippen LogP contribution in [0.5, 0.6) is 0 Å². The summed E-state index contributed by atoms with van der Waals surface area (Å²) in [6, 6.07) is 15.8. The summed E-state index contributed by atoms with van der Waals surface area (Å²) in [5.74, 6) is -0.608. The Bertz CT molecular complexity index is 1170. The van der Waals surface area contributed by atoms with Crippen LogP contribution in [-0.2, 0) is 25.5 Å². The van der Waals surface area contributed by atoms with Crippen molar-refractivity contribution in [2.45, 2.75) is 38.7 Å². The maximum Gasteiger partial charge on any atom is 0.335 e. The topological polar surface area (TPSA) is 65.7 Å². The minimum Gasteiger partial charge on any atom is -0.472 e. The number of rotatable bonds is 5. The molecule has 5 nitrogen and oxygen atoms in total. The van der Waals surface area contributed by atoms with Gasteiger partial charge in [-0.1, -0.05) is 49.4 Å². The van der Waals surface area contributed by atoms with Crippen LogP contribution in [0.3, 0.4) is 0 Å². The predicted molar refractivity (Wildman–Crippen MR) is 115 cm³/mol. The second-order valence-electron chi connectivity index (χ2n) is 8.57. The normalized spacial score (nSPS) is 23.0. The summed E-state index contributed by atoms with van der Waals surface area (Å²) in [7, 11) is 0. The van der Waals surface area contributed by atoms with Gasteiger partial charge in [-0.3, -0.25) is 4.79 Å². The molecule has 0 N–H and O–H groups in total. The predicted octanol–water partition coefficient (Wildman–Crippen LogP) is 5.30. The molecule has 31 heavy (non-hydrogen) atoms. The van der Waals surface area contributed by atoms with E-state index in [9.17, 15) is 9.59 Å². The van der Waals surface area contributed by atoms with E-state index in [-0.39, 0.29) is 31.1 Å². The monoisotopic (exact) mass is 416 g/mol. The Hall–Kier alpha value is -3.34. The third kappa shape index (κ3) is 3.44. The van der Waals surface area contributed by atoms with Crippen molar-refractivity contribution in [1.82, 2.24) is 0 Å². The molecule has 3 aromatic rings. The highest BCUT2D eigenvalue weighted by molar-refractivity contribution is 5.94. The van der Waals surface area contributed by atoms with E-state index >= 15 is 0 Å². The molecule has 5 heteroatoms. The summed E-state index contributed by atoms with van der Waals surface area (Å²) in [4.78, 5) is 25.4. The van der Waals surface area contributed by atoms with Gasteiger partial charge in [0.05, 0.1) is 18.9 Å². The molecule has 0 unspecified atom stereocenters. The molecule has 2 atom stereocenters. The number of hydrogen-bond acceptors (Lipinski definition) is 5. The van der Waals surface area contributed by atoms with Gasteiger partial charge in [0.1, 0.15) is 12.7 Å². The standard InChI is InChI=1S/C26H24O5/c1-26-12-5-9-19(23(26)25(28)31-24(26)20-11-13-29-15-20)16-30-22(27)14-18-8-4-7-17-6-2-3-10-21(17)18/h2-4,6-8,10-11,13,15,24H,5,9,12,14,16H2,1H3/t24-,26+/m0/s1. The van der Waals surface area contributed by atoms with Crippen molar-refractivity contribution in [3.05, 3.63) is 83.3 Å². The number of cyclic esters (lactones) is 1. The van der Waals surface area contributed by atoms with E-state index in [1.807, 2.05) is 48.5 Å². The molecule has 1 fully saturated rings. The molecule has 2 aromatic carbocycles. The maximum atomic E-state index is 12.8. The van der Waals surface area contributed by atoms with Crippen molar-refractivity contribution in [2.24, 2.45) is 5.41 Å². The first kappa shape index (κ1) is 19.6. The first-order valence-electron chi connectivity index (χ1n) is 10.6. The van der Waals surface area contributed by atoms with Crippen molar-refractivity contribution < 1.29 is 23.5 Å². The van der Waals surface area contributed by atoms with Crippen molar-refractivity contribution in [2.75, 3.05) is 6.61 Å². The van der Waals surface area contributed by atoms with Gasteiger partial charge in [0.25, 0.3) is 0 Å². The Labute approximate surface area is 180 Å². The molecule has 0 saturated carbocycles. The number of esters is 2. The summed E-state index contributed by atoms with van der Waals surface area (Å²) in [5, 5.41) is 2.15. The van der Waals surface area contributed by atoms with Crippen molar-refractivity contribution >= 4 is 22.7 Å². The molecule has 2 aliphatic rings. The van der Waals surface area contributed by atoms with Crippen LogP contribution < -0.4 is 0 Å². The molecule has 2 heterocycles. The van der Waals surface area contributed by atoms with E-state index in [4.69, 9.17) is 13.9 Å². The largest absolute Gasteiger partial charge is 0.472 e. The Morgan fingerprint density at radius 3 is 2.84 bits per heavy atom. The first-order valence-corrected chi connectivity index (χ1v) is 10.6. The molecule has 1 aromatic heterocycles. The Kier molecular flexibility index (Phi) is 4.89. The minimum atomic E-state index is -0.434. The molecule has 0 bridgehead atoms.